The van der Waals surface area contributed by atoms with Gasteiger partial charge in [0.05, 0.1) is 0 Å². The van der Waals surface area contributed by atoms with Crippen LogP contribution >= 0.6 is 9.24 Å². The third kappa shape index (κ3) is 4.17. The van der Waals surface area contributed by atoms with Crippen molar-refractivity contribution in [3.63, 3.8) is 0 Å². The SMILES string of the molecule is CCC=C[P]. The van der Waals surface area contributed by atoms with Crippen molar-refractivity contribution >= 4 is 9.24 Å². The van der Waals surface area contributed by atoms with Crippen LogP contribution in [0.4, 0.5) is 0 Å². The van der Waals surface area contributed by atoms with Gasteiger partial charge in [0.1, 0.15) is 0 Å². The van der Waals surface area contributed by atoms with Gasteiger partial charge in [-0.05, 0) is 15.7 Å². The quantitative estimate of drug-likeness (QED) is 0.429. The predicted octanol–water partition coefficient (Wildman–Crippen LogP) is 2.32. The molecule has 0 aliphatic heterocycles. The summed E-state index contributed by atoms with van der Waals surface area (Å²) in [5.74, 6) is 1.75. The summed E-state index contributed by atoms with van der Waals surface area (Å²) >= 11 is 0. The zero-order chi connectivity index (χ0) is 4.12. The molecule has 0 aliphatic rings. The first kappa shape index (κ1) is 5.17. The zero-order valence-corrected chi connectivity index (χ0v) is 4.20. The Hall–Kier alpha value is 0.170. The molecule has 28 valence electrons. The largest absolute Gasteiger partial charge is 0.0836 e. The lowest BCUT2D eigenvalue weighted by Crippen LogP contribution is -1.40. The van der Waals surface area contributed by atoms with E-state index in [2.05, 4.69) is 16.2 Å². The van der Waals surface area contributed by atoms with Gasteiger partial charge in [-0.15, -0.1) is 0 Å². The molecule has 0 N–H and O–H groups in total. The average Bonchev–Trinajstić information content (AvgIpc) is 1.41. The van der Waals surface area contributed by atoms with Gasteiger partial charge < -0.3 is 0 Å². The van der Waals surface area contributed by atoms with E-state index >= 15 is 0 Å². The molecule has 0 aromatic rings. The monoisotopic (exact) mass is 86.0 g/mol. The average molecular weight is 86.1 g/mol. The normalized spacial score (nSPS) is 10.0. The molecule has 0 rings (SSSR count). The van der Waals surface area contributed by atoms with Gasteiger partial charge in [-0.25, -0.2) is 0 Å². The Morgan fingerprint density at radius 1 is 1.80 bits per heavy atom. The van der Waals surface area contributed by atoms with Crippen LogP contribution in [0.5, 0.6) is 0 Å². The maximum absolute atomic E-state index is 3.82. The van der Waals surface area contributed by atoms with Gasteiger partial charge in [-0.2, -0.15) is 0 Å². The molecule has 1 heteroatoms. The summed E-state index contributed by atoms with van der Waals surface area (Å²) in [6.07, 6.45) is 3.08. The molecule has 5 heavy (non-hydrogen) atoms. The first-order valence-corrected chi connectivity index (χ1v) is 2.22. The van der Waals surface area contributed by atoms with Crippen LogP contribution in [-0.2, 0) is 0 Å². The Bertz CT molecular complexity index is 30.6. The summed E-state index contributed by atoms with van der Waals surface area (Å²) in [7, 11) is 3.82. The van der Waals surface area contributed by atoms with Crippen LogP contribution < -0.4 is 0 Å². The van der Waals surface area contributed by atoms with Gasteiger partial charge in [0.25, 0.3) is 0 Å². The van der Waals surface area contributed by atoms with Gasteiger partial charge >= 0.3 is 0 Å². The minimum absolute atomic E-state index is 1.09. The first-order valence-electron chi connectivity index (χ1n) is 1.71. The highest BCUT2D eigenvalue weighted by atomic mass is 31.0. The lowest BCUT2D eigenvalue weighted by atomic mass is 10.5. The van der Waals surface area contributed by atoms with Crippen LogP contribution in [0, 0.1) is 0 Å². The molecular weight excluding hydrogens is 79.0 g/mol. The molecule has 0 aromatic carbocycles. The molecule has 0 unspecified atom stereocenters. The molecule has 0 spiro atoms. The van der Waals surface area contributed by atoms with Gasteiger partial charge in [0.2, 0.25) is 0 Å². The van der Waals surface area contributed by atoms with Crippen molar-refractivity contribution in [1.29, 1.82) is 0 Å². The third-order valence-corrected chi connectivity index (χ3v) is 0.552. The molecule has 0 amide bonds. The summed E-state index contributed by atoms with van der Waals surface area (Å²) in [4.78, 5) is 0. The number of rotatable bonds is 1. The number of allylic oxidation sites excluding steroid dienone is 1. The molecule has 0 nitrogen and oxygen atoms in total. The van der Waals surface area contributed by atoms with E-state index in [1.807, 2.05) is 6.08 Å². The fourth-order valence-corrected chi connectivity index (χ4v) is 0.316. The molecule has 0 saturated heterocycles. The van der Waals surface area contributed by atoms with Crippen LogP contribution in [0.1, 0.15) is 13.3 Å². The number of hydrogen-bond acceptors (Lipinski definition) is 0. The Balaban J connectivity index is 2.62. The molecule has 0 aliphatic carbocycles. The summed E-state index contributed by atoms with van der Waals surface area (Å²) in [6, 6.07) is 0. The lowest BCUT2D eigenvalue weighted by Gasteiger charge is -1.64. The van der Waals surface area contributed by atoms with Gasteiger partial charge in [0, 0.05) is 0 Å². The second-order valence-corrected chi connectivity index (χ2v) is 1.09. The fraction of sp³-hybridized carbons (Fsp3) is 0.500. The van der Waals surface area contributed by atoms with Crippen LogP contribution in [0.2, 0.25) is 0 Å². The molecule has 0 aromatic heterocycles. The Morgan fingerprint density at radius 2 is 2.40 bits per heavy atom. The van der Waals surface area contributed by atoms with Crippen molar-refractivity contribution in [3.8, 4) is 0 Å². The zero-order valence-electron chi connectivity index (χ0n) is 3.31. The summed E-state index contributed by atoms with van der Waals surface area (Å²) in [5, 5.41) is 0. The Kier molecular flexibility index (Phi) is 4.31. The summed E-state index contributed by atoms with van der Waals surface area (Å²) < 4.78 is 0. The van der Waals surface area contributed by atoms with Gasteiger partial charge in [-0.1, -0.05) is 18.8 Å². The van der Waals surface area contributed by atoms with Crippen LogP contribution in [0.15, 0.2) is 11.9 Å². The molecule has 0 bridgehead atoms. The second-order valence-electron chi connectivity index (χ2n) is 0.793. The molecule has 2 radical (unpaired) electrons. The molecule has 0 heterocycles. The van der Waals surface area contributed by atoms with E-state index in [-0.39, 0.29) is 0 Å². The third-order valence-electron chi connectivity index (χ3n) is 0.341. The molecule has 0 fully saturated rings. The van der Waals surface area contributed by atoms with Crippen molar-refractivity contribution in [1.82, 2.24) is 0 Å². The Labute approximate surface area is 35.5 Å². The molecule has 0 atom stereocenters. The highest BCUT2D eigenvalue weighted by Gasteiger charge is 1.53. The first-order chi connectivity index (χ1) is 2.41. The highest BCUT2D eigenvalue weighted by molar-refractivity contribution is 7.20. The van der Waals surface area contributed by atoms with Crippen molar-refractivity contribution in [2.45, 2.75) is 13.3 Å². The van der Waals surface area contributed by atoms with Gasteiger partial charge in [-0.3, -0.25) is 0 Å². The van der Waals surface area contributed by atoms with Crippen LogP contribution in [-0.4, -0.2) is 0 Å². The Morgan fingerprint density at radius 3 is 2.40 bits per heavy atom. The van der Waals surface area contributed by atoms with E-state index in [1.165, 1.54) is 0 Å². The van der Waals surface area contributed by atoms with E-state index in [4.69, 9.17) is 0 Å². The van der Waals surface area contributed by atoms with E-state index in [9.17, 15) is 0 Å². The smallest absolute Gasteiger partial charge is 0.0146 e. The van der Waals surface area contributed by atoms with Crippen LogP contribution in [0.25, 0.3) is 0 Å². The van der Waals surface area contributed by atoms with Crippen molar-refractivity contribution in [3.05, 3.63) is 11.9 Å². The van der Waals surface area contributed by atoms with Crippen molar-refractivity contribution < 1.29 is 0 Å². The molecular formula is C4H7P. The van der Waals surface area contributed by atoms with E-state index in [0.717, 1.165) is 6.42 Å². The predicted molar refractivity (Wildman–Crippen MR) is 26.4 cm³/mol. The highest BCUT2D eigenvalue weighted by Crippen LogP contribution is 1.84. The summed E-state index contributed by atoms with van der Waals surface area (Å²) in [5.41, 5.74) is 0. The van der Waals surface area contributed by atoms with Crippen LogP contribution in [0.3, 0.4) is 0 Å². The minimum Gasteiger partial charge on any atom is -0.0836 e. The van der Waals surface area contributed by atoms with E-state index in [1.54, 1.807) is 5.82 Å². The topological polar surface area (TPSA) is 0 Å². The van der Waals surface area contributed by atoms with Gasteiger partial charge in [0.15, 0.2) is 0 Å². The number of hydrogen-bond donors (Lipinski definition) is 0. The molecule has 0 saturated carbocycles. The van der Waals surface area contributed by atoms with Crippen molar-refractivity contribution in [2.75, 3.05) is 0 Å². The maximum Gasteiger partial charge on any atom is -0.0146 e. The fourth-order valence-electron chi connectivity index (χ4n) is 0.105. The van der Waals surface area contributed by atoms with E-state index in [0.29, 0.717) is 0 Å². The minimum atomic E-state index is 1.09. The standard InChI is InChI=1S/C4H7P/c1-2-3-4-5/h3-4H,2H2,1H3. The summed E-state index contributed by atoms with van der Waals surface area (Å²) in [6.45, 7) is 2.08. The lowest BCUT2D eigenvalue weighted by molar-refractivity contribution is 1.23. The maximum atomic E-state index is 3.82. The second kappa shape index (κ2) is 4.17. The van der Waals surface area contributed by atoms with Crippen molar-refractivity contribution in [2.24, 2.45) is 0 Å². The van der Waals surface area contributed by atoms with E-state index < -0.39 is 0 Å².